The summed E-state index contributed by atoms with van der Waals surface area (Å²) in [6.45, 7) is -0.0359. The van der Waals surface area contributed by atoms with E-state index in [1.165, 1.54) is 64.8 Å². The predicted molar refractivity (Wildman–Crippen MR) is 221 cm³/mol. The second-order valence-corrected chi connectivity index (χ2v) is 14.4. The number of rotatable bonds is 32. The van der Waals surface area contributed by atoms with Crippen LogP contribution < -0.4 is 18.9 Å². The van der Waals surface area contributed by atoms with E-state index < -0.39 is 86.6 Å². The number of ether oxygens (including phenoxy) is 17. The summed E-state index contributed by atoms with van der Waals surface area (Å²) in [4.78, 5) is 26.7. The van der Waals surface area contributed by atoms with E-state index in [9.17, 15) is 40.2 Å². The van der Waals surface area contributed by atoms with Crippen molar-refractivity contribution in [2.24, 2.45) is 0 Å². The Morgan fingerprint density at radius 2 is 0.896 bits per heavy atom. The van der Waals surface area contributed by atoms with Gasteiger partial charge < -0.3 is 111 Å². The molecule has 2 saturated heterocycles. The van der Waals surface area contributed by atoms with Crippen LogP contribution in [0.2, 0.25) is 0 Å². The van der Waals surface area contributed by atoms with Gasteiger partial charge in [0.05, 0.1) is 58.4 Å². The van der Waals surface area contributed by atoms with Crippen LogP contribution in [0.5, 0.6) is 23.0 Å². The molecule has 10 atom stereocenters. The zero-order chi connectivity index (χ0) is 48.6. The zero-order valence-corrected chi connectivity index (χ0v) is 37.6. The second kappa shape index (κ2) is 30.4. The number of aliphatic hydroxyl groups excluding tert-OH is 6. The van der Waals surface area contributed by atoms with E-state index in [2.05, 4.69) is 0 Å². The molecule has 0 aliphatic carbocycles. The van der Waals surface area contributed by atoms with Crippen LogP contribution in [0.25, 0.3) is 0 Å². The third kappa shape index (κ3) is 18.1. The Balaban J connectivity index is 1.39. The Kier molecular flexibility index (Phi) is 25.2. The molecule has 2 aromatic rings. The molecule has 2 aliphatic heterocycles. The van der Waals surface area contributed by atoms with Crippen molar-refractivity contribution < 1.29 is 121 Å². The van der Waals surface area contributed by atoms with Crippen LogP contribution in [0.4, 0.5) is 0 Å². The first kappa shape index (κ1) is 55.5. The van der Waals surface area contributed by atoms with Crippen LogP contribution in [-0.4, -0.2) is 226 Å². The maximum atomic E-state index is 13.4. The molecule has 0 radical (unpaired) electrons. The summed E-state index contributed by atoms with van der Waals surface area (Å²) >= 11 is 0. The monoisotopic (exact) mass is 966 g/mol. The third-order valence-electron chi connectivity index (χ3n) is 9.60. The van der Waals surface area contributed by atoms with Crippen LogP contribution in [0.3, 0.4) is 0 Å². The van der Waals surface area contributed by atoms with Gasteiger partial charge in [0.25, 0.3) is 0 Å². The Bertz CT molecular complexity index is 1690. The lowest BCUT2D eigenvalue weighted by molar-refractivity contribution is -0.376. The van der Waals surface area contributed by atoms with Gasteiger partial charge in [0.2, 0.25) is 0 Å². The minimum Gasteiger partial charge on any atom is -0.467 e. The largest absolute Gasteiger partial charge is 0.467 e. The van der Waals surface area contributed by atoms with Crippen LogP contribution in [0.15, 0.2) is 36.4 Å². The number of carbonyl (C=O) groups excluding carboxylic acids is 2. The SMILES string of the molecule is COCCOCOc1cc(OCOCCOC)cc(C(=O)OCC2OC(OC3OC(COC(=O)c4ccc(OCOCCOC)cc4OCOCCOC)C(O)C(O)C3O)C(O)C(O)C2O)c1. The van der Waals surface area contributed by atoms with E-state index in [4.69, 9.17) is 80.5 Å². The number of hydrogen-bond acceptors (Lipinski definition) is 25. The van der Waals surface area contributed by atoms with E-state index in [0.717, 1.165) is 0 Å². The van der Waals surface area contributed by atoms with Gasteiger partial charge in [0, 0.05) is 40.6 Å². The summed E-state index contributed by atoms with van der Waals surface area (Å²) < 4.78 is 91.3. The van der Waals surface area contributed by atoms with Crippen molar-refractivity contribution in [1.29, 1.82) is 0 Å². The van der Waals surface area contributed by atoms with Crippen molar-refractivity contribution in [1.82, 2.24) is 0 Å². The zero-order valence-electron chi connectivity index (χ0n) is 37.6. The molecule has 2 aromatic carbocycles. The first-order valence-electron chi connectivity index (χ1n) is 20.9. The molecule has 67 heavy (non-hydrogen) atoms. The molecule has 4 rings (SSSR count). The van der Waals surface area contributed by atoms with Gasteiger partial charge in [0.15, 0.2) is 39.8 Å². The molecule has 0 spiro atoms. The molecule has 2 heterocycles. The highest BCUT2D eigenvalue weighted by molar-refractivity contribution is 5.93. The van der Waals surface area contributed by atoms with E-state index >= 15 is 0 Å². The maximum absolute atomic E-state index is 13.4. The summed E-state index contributed by atoms with van der Waals surface area (Å²) in [5, 5.41) is 64.7. The molecule has 25 nitrogen and oxygen atoms in total. The topological polar surface area (TPSA) is 312 Å². The molecule has 380 valence electrons. The van der Waals surface area contributed by atoms with Crippen LogP contribution in [0.1, 0.15) is 20.7 Å². The highest BCUT2D eigenvalue weighted by Gasteiger charge is 2.50. The fourth-order valence-corrected chi connectivity index (χ4v) is 5.92. The van der Waals surface area contributed by atoms with Gasteiger partial charge >= 0.3 is 11.9 Å². The minimum absolute atomic E-state index is 0.0108. The van der Waals surface area contributed by atoms with Gasteiger partial charge in [-0.15, -0.1) is 0 Å². The number of benzene rings is 2. The van der Waals surface area contributed by atoms with Crippen molar-refractivity contribution in [3.63, 3.8) is 0 Å². The number of methoxy groups -OCH3 is 4. The first-order chi connectivity index (χ1) is 32.4. The van der Waals surface area contributed by atoms with E-state index in [0.29, 0.717) is 19.8 Å². The van der Waals surface area contributed by atoms with E-state index in [1.54, 1.807) is 0 Å². The quantitative estimate of drug-likeness (QED) is 0.0271. The highest BCUT2D eigenvalue weighted by Crippen LogP contribution is 2.31. The molecule has 2 fully saturated rings. The Labute approximate surface area is 385 Å². The van der Waals surface area contributed by atoms with E-state index in [1.807, 2.05) is 0 Å². The van der Waals surface area contributed by atoms with Crippen molar-refractivity contribution >= 4 is 11.9 Å². The molecule has 25 heteroatoms. The summed E-state index contributed by atoms with van der Waals surface area (Å²) in [6.07, 6.45) is -18.4. The third-order valence-corrected chi connectivity index (χ3v) is 9.60. The van der Waals surface area contributed by atoms with Crippen LogP contribution >= 0.6 is 0 Å². The Morgan fingerprint density at radius 3 is 1.34 bits per heavy atom. The fourth-order valence-electron chi connectivity index (χ4n) is 5.92. The van der Waals surface area contributed by atoms with Gasteiger partial charge in [0.1, 0.15) is 90.6 Å². The molecule has 0 saturated carbocycles. The summed E-state index contributed by atoms with van der Waals surface area (Å²) in [6, 6.07) is 8.33. The van der Waals surface area contributed by atoms with E-state index in [-0.39, 0.29) is 94.3 Å². The molecule has 10 unspecified atom stereocenters. The molecular weight excluding hydrogens is 904 g/mol. The second-order valence-electron chi connectivity index (χ2n) is 14.4. The number of esters is 2. The lowest BCUT2D eigenvalue weighted by atomic mass is 9.98. The van der Waals surface area contributed by atoms with Gasteiger partial charge in [-0.2, -0.15) is 0 Å². The van der Waals surface area contributed by atoms with Gasteiger partial charge in [-0.1, -0.05) is 0 Å². The van der Waals surface area contributed by atoms with Crippen molar-refractivity contribution in [2.75, 3.05) is 122 Å². The van der Waals surface area contributed by atoms with Gasteiger partial charge in [-0.3, -0.25) is 0 Å². The fraction of sp³-hybridized carbons (Fsp3) is 0.667. The van der Waals surface area contributed by atoms with Crippen molar-refractivity contribution in [3.8, 4) is 23.0 Å². The molecule has 0 amide bonds. The minimum atomic E-state index is -1.98. The highest BCUT2D eigenvalue weighted by atomic mass is 16.8. The Hall–Kier alpha value is -4.10. The van der Waals surface area contributed by atoms with Crippen molar-refractivity contribution in [3.05, 3.63) is 47.5 Å². The molecular formula is C42H62O25. The predicted octanol–water partition coefficient (Wildman–Crippen LogP) is -1.67. The lowest BCUT2D eigenvalue weighted by Gasteiger charge is -2.44. The number of carbonyl (C=O) groups is 2. The molecule has 6 N–H and O–H groups in total. The summed E-state index contributed by atoms with van der Waals surface area (Å²) in [5.74, 6) is -1.35. The van der Waals surface area contributed by atoms with Crippen LogP contribution in [0, 0.1) is 0 Å². The first-order valence-corrected chi connectivity index (χ1v) is 20.9. The average Bonchev–Trinajstić information content (AvgIpc) is 3.33. The molecule has 0 bridgehead atoms. The average molecular weight is 967 g/mol. The van der Waals surface area contributed by atoms with Crippen LogP contribution in [-0.2, 0) is 61.6 Å². The standard InChI is InChI=1S/C42H62O25/c1-51-7-11-55-21-61-26-5-6-29(30(18-26)64-24-58-14-10-54-4)40(50)60-20-32-34(44)36(46)38(48)42(66-32)67-41-37(47)35(45)33(43)31(65-41)19-59-39(49)25-15-27(62-22-56-12-8-52-2)17-28(16-25)63-23-57-13-9-53-3/h5-6,15-18,31-38,41-48H,7-14,19-24H2,1-4H3. The number of aliphatic hydroxyl groups is 6. The van der Waals surface area contributed by atoms with Gasteiger partial charge in [-0.05, 0) is 24.3 Å². The van der Waals surface area contributed by atoms with Crippen molar-refractivity contribution in [2.45, 2.75) is 61.4 Å². The van der Waals surface area contributed by atoms with Gasteiger partial charge in [-0.25, -0.2) is 9.59 Å². The summed E-state index contributed by atoms with van der Waals surface area (Å²) in [5.41, 5.74) is -0.166. The lowest BCUT2D eigenvalue weighted by Crippen LogP contribution is -2.64. The molecule has 2 aliphatic rings. The summed E-state index contributed by atoms with van der Waals surface area (Å²) in [7, 11) is 6.04. The number of hydrogen-bond donors (Lipinski definition) is 6. The molecule has 0 aromatic heterocycles. The Morgan fingerprint density at radius 1 is 0.478 bits per heavy atom. The normalized spacial score (nSPS) is 25.0. The smallest absolute Gasteiger partial charge is 0.342 e. The maximum Gasteiger partial charge on any atom is 0.342 e.